The molecule has 6 heteroatoms. The van der Waals surface area contributed by atoms with Gasteiger partial charge in [-0.15, -0.1) is 24.8 Å². The van der Waals surface area contributed by atoms with Gasteiger partial charge in [0.1, 0.15) is 0 Å². The third-order valence-electron chi connectivity index (χ3n) is 4.89. The standard InChI is InChI=1S/C19H31N3O.2ClH/c1-3-15(2)18(20)19(23)21-17-10-8-16(9-11-17)14-22-12-6-4-5-7-13-22;;/h8-11,15,18H,3-7,12-14,20H2,1-2H3,(H,21,23);2*1H. The number of carbonyl (C=O) groups is 1. The maximum Gasteiger partial charge on any atom is 0.241 e. The molecule has 1 heterocycles. The van der Waals surface area contributed by atoms with E-state index in [-0.39, 0.29) is 36.6 Å². The van der Waals surface area contributed by atoms with Crippen LogP contribution in [0, 0.1) is 5.92 Å². The van der Waals surface area contributed by atoms with Gasteiger partial charge in [-0.2, -0.15) is 0 Å². The fraction of sp³-hybridized carbons (Fsp3) is 0.632. The normalized spacial score (nSPS) is 17.4. The minimum Gasteiger partial charge on any atom is -0.325 e. The van der Waals surface area contributed by atoms with Crippen molar-refractivity contribution in [3.63, 3.8) is 0 Å². The van der Waals surface area contributed by atoms with Crippen molar-refractivity contribution in [3.05, 3.63) is 29.8 Å². The molecule has 1 saturated heterocycles. The molecule has 1 fully saturated rings. The molecule has 3 N–H and O–H groups in total. The van der Waals surface area contributed by atoms with E-state index in [4.69, 9.17) is 5.73 Å². The number of anilines is 1. The van der Waals surface area contributed by atoms with Crippen molar-refractivity contribution in [2.24, 2.45) is 11.7 Å². The molecule has 0 aliphatic carbocycles. The Balaban J connectivity index is 0.00000288. The Morgan fingerprint density at radius 1 is 1.12 bits per heavy atom. The van der Waals surface area contributed by atoms with Crippen LogP contribution in [0.3, 0.4) is 0 Å². The van der Waals surface area contributed by atoms with Crippen molar-refractivity contribution in [3.8, 4) is 0 Å². The molecule has 2 atom stereocenters. The molecule has 0 bridgehead atoms. The summed E-state index contributed by atoms with van der Waals surface area (Å²) >= 11 is 0. The van der Waals surface area contributed by atoms with Gasteiger partial charge in [-0.05, 0) is 49.5 Å². The highest BCUT2D eigenvalue weighted by molar-refractivity contribution is 5.94. The van der Waals surface area contributed by atoms with Crippen LogP contribution in [0.2, 0.25) is 0 Å². The van der Waals surface area contributed by atoms with Gasteiger partial charge in [0.05, 0.1) is 6.04 Å². The van der Waals surface area contributed by atoms with E-state index in [1.165, 1.54) is 44.3 Å². The Labute approximate surface area is 164 Å². The monoisotopic (exact) mass is 389 g/mol. The predicted molar refractivity (Wildman–Crippen MR) is 111 cm³/mol. The second-order valence-electron chi connectivity index (χ2n) is 6.79. The quantitative estimate of drug-likeness (QED) is 0.765. The van der Waals surface area contributed by atoms with E-state index >= 15 is 0 Å². The largest absolute Gasteiger partial charge is 0.325 e. The zero-order valence-corrected chi connectivity index (χ0v) is 17.0. The number of hydrogen-bond donors (Lipinski definition) is 2. The fourth-order valence-electron chi connectivity index (χ4n) is 2.98. The Morgan fingerprint density at radius 2 is 1.68 bits per heavy atom. The number of likely N-dealkylation sites (tertiary alicyclic amines) is 1. The Morgan fingerprint density at radius 3 is 2.20 bits per heavy atom. The van der Waals surface area contributed by atoms with Gasteiger partial charge in [-0.25, -0.2) is 0 Å². The fourth-order valence-corrected chi connectivity index (χ4v) is 2.98. The van der Waals surface area contributed by atoms with E-state index in [9.17, 15) is 4.79 Å². The molecule has 0 aromatic heterocycles. The molecular formula is C19H33Cl2N3O. The number of nitrogens with zero attached hydrogens (tertiary/aromatic N) is 1. The molecular weight excluding hydrogens is 357 g/mol. The van der Waals surface area contributed by atoms with E-state index in [2.05, 4.69) is 29.3 Å². The number of rotatable bonds is 6. The second-order valence-corrected chi connectivity index (χ2v) is 6.79. The number of benzene rings is 1. The highest BCUT2D eigenvalue weighted by Gasteiger charge is 2.19. The number of hydrogen-bond acceptors (Lipinski definition) is 3. The molecule has 1 aliphatic heterocycles. The van der Waals surface area contributed by atoms with Crippen molar-refractivity contribution in [2.75, 3.05) is 18.4 Å². The molecule has 1 aromatic rings. The van der Waals surface area contributed by atoms with Crippen LogP contribution in [0.1, 0.15) is 51.5 Å². The van der Waals surface area contributed by atoms with Gasteiger partial charge in [0.25, 0.3) is 0 Å². The lowest BCUT2D eigenvalue weighted by Crippen LogP contribution is -2.40. The summed E-state index contributed by atoms with van der Waals surface area (Å²) in [5.41, 5.74) is 8.10. The molecule has 0 spiro atoms. The van der Waals surface area contributed by atoms with Crippen molar-refractivity contribution in [1.82, 2.24) is 4.90 Å². The van der Waals surface area contributed by atoms with Gasteiger partial charge in [0.2, 0.25) is 5.91 Å². The van der Waals surface area contributed by atoms with Crippen molar-refractivity contribution in [2.45, 2.75) is 58.5 Å². The number of carbonyl (C=O) groups excluding carboxylic acids is 1. The Kier molecular flexibility index (Phi) is 12.1. The second kappa shape index (κ2) is 12.5. The number of halogens is 2. The topological polar surface area (TPSA) is 58.4 Å². The van der Waals surface area contributed by atoms with E-state index < -0.39 is 6.04 Å². The van der Waals surface area contributed by atoms with Crippen molar-refractivity contribution in [1.29, 1.82) is 0 Å². The molecule has 25 heavy (non-hydrogen) atoms. The first kappa shape index (κ1) is 24.2. The van der Waals surface area contributed by atoms with E-state index in [1.54, 1.807) is 0 Å². The molecule has 2 unspecified atom stereocenters. The first-order valence-electron chi connectivity index (χ1n) is 8.98. The van der Waals surface area contributed by atoms with Crippen molar-refractivity contribution < 1.29 is 4.79 Å². The molecule has 0 saturated carbocycles. The van der Waals surface area contributed by atoms with E-state index in [0.717, 1.165) is 18.7 Å². The lowest BCUT2D eigenvalue weighted by molar-refractivity contribution is -0.118. The summed E-state index contributed by atoms with van der Waals surface area (Å²) in [5, 5.41) is 2.92. The Hall–Kier alpha value is -0.810. The van der Waals surface area contributed by atoms with Gasteiger partial charge in [-0.1, -0.05) is 45.2 Å². The summed E-state index contributed by atoms with van der Waals surface area (Å²) in [6.07, 6.45) is 6.24. The summed E-state index contributed by atoms with van der Waals surface area (Å²) in [6.45, 7) is 7.45. The van der Waals surface area contributed by atoms with Gasteiger partial charge in [0.15, 0.2) is 0 Å². The van der Waals surface area contributed by atoms with Crippen molar-refractivity contribution >= 4 is 36.4 Å². The highest BCUT2D eigenvalue weighted by atomic mass is 35.5. The average Bonchev–Trinajstić information content (AvgIpc) is 2.83. The maximum atomic E-state index is 12.1. The predicted octanol–water partition coefficient (Wildman–Crippen LogP) is 4.22. The van der Waals surface area contributed by atoms with Gasteiger partial charge < -0.3 is 11.1 Å². The zero-order valence-electron chi connectivity index (χ0n) is 15.4. The Bertz CT molecular complexity index is 488. The van der Waals surface area contributed by atoms with E-state index in [1.807, 2.05) is 19.1 Å². The lowest BCUT2D eigenvalue weighted by atomic mass is 9.99. The maximum absolute atomic E-state index is 12.1. The first-order valence-corrected chi connectivity index (χ1v) is 8.98. The van der Waals surface area contributed by atoms with Crippen LogP contribution >= 0.6 is 24.8 Å². The summed E-state index contributed by atoms with van der Waals surface area (Å²) in [5.74, 6) is 0.0944. The van der Waals surface area contributed by atoms with Gasteiger partial charge in [0, 0.05) is 12.2 Å². The smallest absolute Gasteiger partial charge is 0.241 e. The van der Waals surface area contributed by atoms with Gasteiger partial charge >= 0.3 is 0 Å². The molecule has 1 amide bonds. The minimum absolute atomic E-state index is 0. The molecule has 1 aliphatic rings. The summed E-state index contributed by atoms with van der Waals surface area (Å²) < 4.78 is 0. The number of amides is 1. The van der Waals surface area contributed by atoms with E-state index in [0.29, 0.717) is 0 Å². The van der Waals surface area contributed by atoms with Crippen LogP contribution in [0.25, 0.3) is 0 Å². The van der Waals surface area contributed by atoms with Crippen LogP contribution in [0.15, 0.2) is 24.3 Å². The summed E-state index contributed by atoms with van der Waals surface area (Å²) in [6, 6.07) is 7.73. The lowest BCUT2D eigenvalue weighted by Gasteiger charge is -2.20. The van der Waals surface area contributed by atoms with Crippen LogP contribution in [-0.4, -0.2) is 29.9 Å². The summed E-state index contributed by atoms with van der Waals surface area (Å²) in [7, 11) is 0. The summed E-state index contributed by atoms with van der Waals surface area (Å²) in [4.78, 5) is 14.6. The number of nitrogens with two attached hydrogens (primary N) is 1. The minimum atomic E-state index is -0.447. The molecule has 4 nitrogen and oxygen atoms in total. The average molecular weight is 390 g/mol. The van der Waals surface area contributed by atoms with Crippen LogP contribution < -0.4 is 11.1 Å². The third-order valence-corrected chi connectivity index (χ3v) is 4.89. The molecule has 144 valence electrons. The SMILES string of the molecule is CCC(C)C(N)C(=O)Nc1ccc(CN2CCCCCC2)cc1.Cl.Cl. The third kappa shape index (κ3) is 7.95. The molecule has 2 rings (SSSR count). The van der Waals surface area contributed by atoms with Crippen LogP contribution in [0.5, 0.6) is 0 Å². The number of nitrogens with one attached hydrogen (secondary N) is 1. The first-order chi connectivity index (χ1) is 11.1. The van der Waals surface area contributed by atoms with Gasteiger partial charge in [-0.3, -0.25) is 9.69 Å². The highest BCUT2D eigenvalue weighted by Crippen LogP contribution is 2.16. The molecule has 0 radical (unpaired) electrons. The van der Waals surface area contributed by atoms with Crippen LogP contribution in [-0.2, 0) is 11.3 Å². The molecule has 1 aromatic carbocycles. The zero-order chi connectivity index (χ0) is 16.7. The van der Waals surface area contributed by atoms with Crippen LogP contribution in [0.4, 0.5) is 5.69 Å².